The molecule has 0 unspecified atom stereocenters. The van der Waals surface area contributed by atoms with E-state index in [0.717, 1.165) is 0 Å². The number of hydrogen-bond acceptors (Lipinski definition) is 0. The molecule has 0 saturated heterocycles. The molecule has 0 heterocycles. The van der Waals surface area contributed by atoms with Crippen LogP contribution in [-0.2, 0) is 0 Å². The van der Waals surface area contributed by atoms with Crippen molar-refractivity contribution in [2.45, 2.75) is 22.8 Å². The van der Waals surface area contributed by atoms with E-state index in [0.29, 0.717) is 0 Å². The molecule has 0 aromatic carbocycles. The molecule has 0 aliphatic carbocycles. The van der Waals surface area contributed by atoms with Gasteiger partial charge in [0, 0.05) is 0 Å². The van der Waals surface area contributed by atoms with Crippen molar-refractivity contribution in [1.82, 2.24) is 0 Å². The molecule has 0 amide bonds. The molecule has 32 valence electrons. The Bertz CT molecular complexity index is 19.1. The molecule has 1 heteroatoms. The van der Waals surface area contributed by atoms with Gasteiger partial charge in [-0.05, 0) is 0 Å². The zero-order valence-corrected chi connectivity index (χ0v) is 6.32. The first-order chi connectivity index (χ1) is 2.00. The molecule has 0 aliphatic heterocycles. The summed E-state index contributed by atoms with van der Waals surface area (Å²) in [5.74, 6) is 0. The molecule has 0 aromatic heterocycles. The van der Waals surface area contributed by atoms with Gasteiger partial charge in [-0.15, -0.1) is 0 Å². The minimum absolute atomic E-state index is 0.875. The van der Waals surface area contributed by atoms with Gasteiger partial charge in [-0.25, -0.2) is 0 Å². The Morgan fingerprint density at radius 3 is 0.800 bits per heavy atom. The maximum atomic E-state index is 2.36. The molecule has 0 N–H and O–H groups in total. The third-order valence-electron chi connectivity index (χ3n) is 0. The Hall–Kier alpha value is 0.558. The van der Waals surface area contributed by atoms with Crippen LogP contribution in [0.15, 0.2) is 0 Å². The Morgan fingerprint density at radius 2 is 0.800 bits per heavy atom. The summed E-state index contributed by atoms with van der Waals surface area (Å²) in [5.41, 5.74) is 9.44. The van der Waals surface area contributed by atoms with E-state index in [9.17, 15) is 0 Å². The number of hydrogen-bond donors (Lipinski definition) is 0. The Labute approximate surface area is 37.0 Å². The zero-order valence-electron chi connectivity index (χ0n) is 4.45. The van der Waals surface area contributed by atoms with Crippen LogP contribution in [0, 0.1) is 0 Å². The molecular weight excluding hydrogens is 123 g/mol. The first-order valence-corrected chi connectivity index (χ1v) is 9.30. The second-order valence-corrected chi connectivity index (χ2v) is 13.9. The van der Waals surface area contributed by atoms with E-state index in [1.54, 1.807) is 0 Å². The van der Waals surface area contributed by atoms with Crippen molar-refractivity contribution in [3.05, 3.63) is 0 Å². The van der Waals surface area contributed by atoms with Crippen molar-refractivity contribution in [3.63, 3.8) is 0 Å². The van der Waals surface area contributed by atoms with Crippen LogP contribution in [0.25, 0.3) is 0 Å². The fourth-order valence-electron chi connectivity index (χ4n) is 0. The quantitative estimate of drug-likeness (QED) is 0.445. The molecule has 0 nitrogen and oxygen atoms in total. The average Bonchev–Trinajstić information content (AvgIpc) is 0.722. The van der Waals surface area contributed by atoms with E-state index < -0.39 is 13.6 Å². The summed E-state index contributed by atoms with van der Waals surface area (Å²) < 4.78 is 0. The Kier molecular flexibility index (Phi) is 1.49. The molecule has 0 saturated carbocycles. The SMILES string of the molecule is C[As+](C)(C)C. The van der Waals surface area contributed by atoms with Gasteiger partial charge in [0.05, 0.1) is 0 Å². The van der Waals surface area contributed by atoms with E-state index in [2.05, 4.69) is 22.8 Å². The maximum absolute atomic E-state index is 2.36. The normalized spacial score (nSPS) is 12.0. The van der Waals surface area contributed by atoms with Crippen molar-refractivity contribution in [2.24, 2.45) is 0 Å². The molecule has 0 aromatic rings. The standard InChI is InChI=1S/C4H12As/c1-5(2,3)4/h1-4H3/q+1. The first kappa shape index (κ1) is 5.56. The van der Waals surface area contributed by atoms with Crippen molar-refractivity contribution in [1.29, 1.82) is 0 Å². The van der Waals surface area contributed by atoms with Gasteiger partial charge < -0.3 is 0 Å². The van der Waals surface area contributed by atoms with Crippen molar-refractivity contribution < 1.29 is 0 Å². The van der Waals surface area contributed by atoms with Gasteiger partial charge in [-0.2, -0.15) is 0 Å². The van der Waals surface area contributed by atoms with Gasteiger partial charge in [-0.3, -0.25) is 0 Å². The molecule has 0 fully saturated rings. The molecule has 5 heavy (non-hydrogen) atoms. The topological polar surface area (TPSA) is 0 Å². The van der Waals surface area contributed by atoms with E-state index in [1.807, 2.05) is 0 Å². The Balaban J connectivity index is 3.02. The van der Waals surface area contributed by atoms with Crippen LogP contribution in [0.4, 0.5) is 0 Å². The van der Waals surface area contributed by atoms with Crippen molar-refractivity contribution in [3.8, 4) is 0 Å². The predicted octanol–water partition coefficient (Wildman–Crippen LogP) is 1.95. The van der Waals surface area contributed by atoms with Gasteiger partial charge >= 0.3 is 36.4 Å². The van der Waals surface area contributed by atoms with Gasteiger partial charge in [0.2, 0.25) is 0 Å². The van der Waals surface area contributed by atoms with E-state index in [-0.39, 0.29) is 0 Å². The first-order valence-electron chi connectivity index (χ1n) is 1.79. The molecular formula is C4H12As+. The van der Waals surface area contributed by atoms with Gasteiger partial charge in [0.1, 0.15) is 0 Å². The van der Waals surface area contributed by atoms with Crippen LogP contribution in [-0.4, -0.2) is 13.6 Å². The Morgan fingerprint density at radius 1 is 0.800 bits per heavy atom. The van der Waals surface area contributed by atoms with Crippen LogP contribution >= 0.6 is 0 Å². The molecule has 0 aliphatic rings. The van der Waals surface area contributed by atoms with Crippen molar-refractivity contribution in [2.75, 3.05) is 0 Å². The average molecular weight is 135 g/mol. The summed E-state index contributed by atoms with van der Waals surface area (Å²) in [6.07, 6.45) is 0. The second-order valence-electron chi connectivity index (χ2n) is 2.68. The van der Waals surface area contributed by atoms with Crippen LogP contribution < -0.4 is 0 Å². The monoisotopic (exact) mass is 135 g/mol. The summed E-state index contributed by atoms with van der Waals surface area (Å²) in [6.45, 7) is 0. The molecule has 0 bridgehead atoms. The van der Waals surface area contributed by atoms with E-state index in [4.69, 9.17) is 0 Å². The summed E-state index contributed by atoms with van der Waals surface area (Å²) in [4.78, 5) is 0. The second kappa shape index (κ2) is 1.34. The molecule has 0 spiro atoms. The number of rotatable bonds is 0. The van der Waals surface area contributed by atoms with Crippen LogP contribution in [0.2, 0.25) is 22.8 Å². The molecule has 0 radical (unpaired) electrons. The van der Waals surface area contributed by atoms with Gasteiger partial charge in [-0.1, -0.05) is 0 Å². The van der Waals surface area contributed by atoms with Crippen LogP contribution in [0.5, 0.6) is 0 Å². The fourth-order valence-corrected chi connectivity index (χ4v) is 0. The van der Waals surface area contributed by atoms with E-state index in [1.165, 1.54) is 0 Å². The summed E-state index contributed by atoms with van der Waals surface area (Å²) >= 11 is -0.875. The zero-order chi connectivity index (χ0) is 4.50. The van der Waals surface area contributed by atoms with Crippen molar-refractivity contribution >= 4 is 13.6 Å². The van der Waals surface area contributed by atoms with Gasteiger partial charge in [0.15, 0.2) is 0 Å². The van der Waals surface area contributed by atoms with Gasteiger partial charge in [0.25, 0.3) is 0 Å². The van der Waals surface area contributed by atoms with Crippen LogP contribution in [0.3, 0.4) is 0 Å². The third-order valence-corrected chi connectivity index (χ3v) is 0. The molecule has 0 rings (SSSR count). The summed E-state index contributed by atoms with van der Waals surface area (Å²) in [6, 6.07) is 0. The minimum atomic E-state index is -0.875. The summed E-state index contributed by atoms with van der Waals surface area (Å²) in [5, 5.41) is 0. The van der Waals surface area contributed by atoms with Crippen LogP contribution in [0.1, 0.15) is 0 Å². The summed E-state index contributed by atoms with van der Waals surface area (Å²) in [7, 11) is 0. The predicted molar refractivity (Wildman–Crippen MR) is 29.2 cm³/mol. The third kappa shape index (κ3) is 95.7. The fraction of sp³-hybridized carbons (Fsp3) is 1.00. The van der Waals surface area contributed by atoms with E-state index >= 15 is 0 Å². The molecule has 0 atom stereocenters.